The third-order valence-electron chi connectivity index (χ3n) is 3.57. The van der Waals surface area contributed by atoms with Crippen molar-refractivity contribution in [1.82, 2.24) is 0 Å². The van der Waals surface area contributed by atoms with Gasteiger partial charge in [0.15, 0.2) is 11.5 Å². The number of halogens is 1. The number of carboxylic acid groups (broad SMARTS) is 1. The quantitative estimate of drug-likeness (QED) is 0.800. The summed E-state index contributed by atoms with van der Waals surface area (Å²) in [5.74, 6) is -0.716. The topological polar surface area (TPSA) is 76.0 Å². The molecule has 2 aromatic carbocycles. The van der Waals surface area contributed by atoms with Crippen molar-refractivity contribution in [3.63, 3.8) is 0 Å². The number of benzene rings is 2. The van der Waals surface area contributed by atoms with E-state index in [0.29, 0.717) is 22.6 Å². The normalized spacial score (nSPS) is 11.8. The number of ether oxygens (including phenoxy) is 2. The molecule has 0 radical (unpaired) electrons. The van der Waals surface area contributed by atoms with Crippen molar-refractivity contribution in [3.8, 4) is 17.2 Å². The molecule has 0 fully saturated rings. The van der Waals surface area contributed by atoms with Crippen LogP contribution in [0.25, 0.3) is 0 Å². The van der Waals surface area contributed by atoms with Gasteiger partial charge in [0.2, 0.25) is 0 Å². The molecule has 1 atom stereocenters. The molecule has 0 aliphatic carbocycles. The number of rotatable bonds is 6. The molecule has 0 heterocycles. The molecule has 0 spiro atoms. The number of hydrogen-bond acceptors (Lipinski definition) is 4. The molecule has 23 heavy (non-hydrogen) atoms. The minimum absolute atomic E-state index is 0.0694. The van der Waals surface area contributed by atoms with E-state index in [1.54, 1.807) is 30.3 Å². The van der Waals surface area contributed by atoms with Crippen molar-refractivity contribution >= 4 is 21.9 Å². The van der Waals surface area contributed by atoms with Gasteiger partial charge < -0.3 is 19.7 Å². The van der Waals surface area contributed by atoms with E-state index in [4.69, 9.17) is 9.47 Å². The monoisotopic (exact) mass is 380 g/mol. The fourth-order valence-electron chi connectivity index (χ4n) is 2.35. The van der Waals surface area contributed by atoms with Gasteiger partial charge >= 0.3 is 5.97 Å². The molecular formula is C17H17BrO5. The highest BCUT2D eigenvalue weighted by atomic mass is 79.9. The lowest BCUT2D eigenvalue weighted by molar-refractivity contribution is -0.138. The van der Waals surface area contributed by atoms with Gasteiger partial charge in [0.1, 0.15) is 5.75 Å². The van der Waals surface area contributed by atoms with Gasteiger partial charge in [0, 0.05) is 4.47 Å². The van der Waals surface area contributed by atoms with Gasteiger partial charge in [-0.15, -0.1) is 0 Å². The Hall–Kier alpha value is -2.21. The Morgan fingerprint density at radius 2 is 1.83 bits per heavy atom. The maximum Gasteiger partial charge on any atom is 0.311 e. The highest BCUT2D eigenvalue weighted by Gasteiger charge is 2.23. The van der Waals surface area contributed by atoms with Gasteiger partial charge in [-0.3, -0.25) is 4.79 Å². The number of phenols is 1. The fourth-order valence-corrected chi connectivity index (χ4v) is 2.76. The van der Waals surface area contributed by atoms with Crippen LogP contribution in [0.1, 0.15) is 17.0 Å². The van der Waals surface area contributed by atoms with Crippen LogP contribution in [0.3, 0.4) is 0 Å². The lowest BCUT2D eigenvalue weighted by Crippen LogP contribution is -2.15. The Morgan fingerprint density at radius 3 is 2.43 bits per heavy atom. The molecule has 0 bridgehead atoms. The smallest absolute Gasteiger partial charge is 0.311 e. The number of aliphatic carboxylic acids is 1. The second-order valence-corrected chi connectivity index (χ2v) is 5.90. The van der Waals surface area contributed by atoms with Crippen LogP contribution in [0, 0.1) is 0 Å². The predicted octanol–water partition coefficient (Wildman–Crippen LogP) is 3.58. The van der Waals surface area contributed by atoms with Crippen molar-refractivity contribution in [2.45, 2.75) is 12.3 Å². The largest absolute Gasteiger partial charge is 0.508 e. The van der Waals surface area contributed by atoms with Crippen LogP contribution in [-0.4, -0.2) is 30.4 Å². The van der Waals surface area contributed by atoms with Crippen molar-refractivity contribution < 1.29 is 24.5 Å². The molecule has 1 unspecified atom stereocenters. The average molecular weight is 381 g/mol. The second kappa shape index (κ2) is 7.37. The van der Waals surface area contributed by atoms with E-state index in [1.165, 1.54) is 20.3 Å². The van der Waals surface area contributed by atoms with Gasteiger partial charge in [-0.05, 0) is 47.9 Å². The van der Waals surface area contributed by atoms with E-state index in [1.807, 2.05) is 0 Å². The van der Waals surface area contributed by atoms with Crippen LogP contribution in [0.15, 0.2) is 40.9 Å². The summed E-state index contributed by atoms with van der Waals surface area (Å²) >= 11 is 3.33. The molecule has 2 aromatic rings. The lowest BCUT2D eigenvalue weighted by atomic mass is 9.91. The molecule has 2 N–H and O–H groups in total. The Morgan fingerprint density at radius 1 is 1.13 bits per heavy atom. The lowest BCUT2D eigenvalue weighted by Gasteiger charge is -2.16. The van der Waals surface area contributed by atoms with Gasteiger partial charge in [-0.1, -0.05) is 22.0 Å². The molecule has 0 aliphatic heterocycles. The summed E-state index contributed by atoms with van der Waals surface area (Å²) in [5.41, 5.74) is 1.14. The van der Waals surface area contributed by atoms with Crippen molar-refractivity contribution in [1.29, 1.82) is 0 Å². The molecule has 0 amide bonds. The van der Waals surface area contributed by atoms with Gasteiger partial charge in [0.25, 0.3) is 0 Å². The summed E-state index contributed by atoms with van der Waals surface area (Å²) in [7, 11) is 3.02. The Kier molecular flexibility index (Phi) is 5.50. The van der Waals surface area contributed by atoms with Crippen LogP contribution in [0.5, 0.6) is 17.2 Å². The molecule has 0 aliphatic rings. The van der Waals surface area contributed by atoms with E-state index in [0.717, 1.165) is 4.47 Å². The summed E-state index contributed by atoms with van der Waals surface area (Å²) in [6.07, 6.45) is 0.163. The van der Waals surface area contributed by atoms with E-state index in [2.05, 4.69) is 15.9 Å². The highest BCUT2D eigenvalue weighted by molar-refractivity contribution is 9.10. The zero-order valence-corrected chi connectivity index (χ0v) is 14.3. The number of phenolic OH excluding ortho intramolecular Hbond substituents is 1. The SMILES string of the molecule is COc1ccc(C(Cc2cc(Br)ccc2O)C(=O)O)cc1OC. The van der Waals surface area contributed by atoms with Crippen LogP contribution in [0.2, 0.25) is 0 Å². The molecule has 2 rings (SSSR count). The van der Waals surface area contributed by atoms with Crippen LogP contribution < -0.4 is 9.47 Å². The Balaban J connectivity index is 2.39. The number of methoxy groups -OCH3 is 2. The Bertz CT molecular complexity index is 714. The third kappa shape index (κ3) is 3.96. The van der Waals surface area contributed by atoms with Gasteiger partial charge in [-0.2, -0.15) is 0 Å². The minimum Gasteiger partial charge on any atom is -0.508 e. The molecular weight excluding hydrogens is 364 g/mol. The summed E-state index contributed by atoms with van der Waals surface area (Å²) in [6, 6.07) is 9.96. The number of carbonyl (C=O) groups is 1. The van der Waals surface area contributed by atoms with Crippen LogP contribution >= 0.6 is 15.9 Å². The van der Waals surface area contributed by atoms with E-state index >= 15 is 0 Å². The van der Waals surface area contributed by atoms with Crippen LogP contribution in [0.4, 0.5) is 0 Å². The predicted molar refractivity (Wildman–Crippen MR) is 89.4 cm³/mol. The zero-order valence-electron chi connectivity index (χ0n) is 12.7. The highest BCUT2D eigenvalue weighted by Crippen LogP contribution is 2.34. The first-order valence-corrected chi connectivity index (χ1v) is 7.67. The maximum absolute atomic E-state index is 11.7. The zero-order chi connectivity index (χ0) is 17.0. The minimum atomic E-state index is -0.975. The van der Waals surface area contributed by atoms with Gasteiger partial charge in [-0.25, -0.2) is 0 Å². The first-order valence-electron chi connectivity index (χ1n) is 6.88. The molecule has 0 saturated heterocycles. The average Bonchev–Trinajstić information content (AvgIpc) is 2.54. The first-order chi connectivity index (χ1) is 11.0. The molecule has 0 saturated carbocycles. The van der Waals surface area contributed by atoms with Gasteiger partial charge in [0.05, 0.1) is 20.1 Å². The summed E-state index contributed by atoms with van der Waals surface area (Å²) in [6.45, 7) is 0. The summed E-state index contributed by atoms with van der Waals surface area (Å²) in [5, 5.41) is 19.5. The Labute approximate surface area is 142 Å². The summed E-state index contributed by atoms with van der Waals surface area (Å²) < 4.78 is 11.2. The van der Waals surface area contributed by atoms with Crippen molar-refractivity contribution in [2.75, 3.05) is 14.2 Å². The third-order valence-corrected chi connectivity index (χ3v) is 4.07. The van der Waals surface area contributed by atoms with Crippen LogP contribution in [-0.2, 0) is 11.2 Å². The number of aromatic hydroxyl groups is 1. The first kappa shape index (κ1) is 17.1. The van der Waals surface area contributed by atoms with Crippen molar-refractivity contribution in [2.24, 2.45) is 0 Å². The number of hydrogen-bond donors (Lipinski definition) is 2. The molecule has 122 valence electrons. The number of carboxylic acids is 1. The molecule has 5 nitrogen and oxygen atoms in total. The molecule has 0 aromatic heterocycles. The fraction of sp³-hybridized carbons (Fsp3) is 0.235. The van der Waals surface area contributed by atoms with E-state index in [-0.39, 0.29) is 12.2 Å². The maximum atomic E-state index is 11.7. The molecule has 6 heteroatoms. The second-order valence-electron chi connectivity index (χ2n) is 4.98. The van der Waals surface area contributed by atoms with Crippen molar-refractivity contribution in [3.05, 3.63) is 52.0 Å². The standard InChI is InChI=1S/C17H17BrO5/c1-22-15-6-3-10(9-16(15)23-2)13(17(20)21)8-11-7-12(18)4-5-14(11)19/h3-7,9,13,19H,8H2,1-2H3,(H,20,21). The van der Waals surface area contributed by atoms with E-state index in [9.17, 15) is 15.0 Å². The van der Waals surface area contributed by atoms with E-state index < -0.39 is 11.9 Å². The summed E-state index contributed by atoms with van der Waals surface area (Å²) in [4.78, 5) is 11.7.